The molecule has 1 atom stereocenters. The number of carboxylic acids is 1. The molecule has 20 heavy (non-hydrogen) atoms. The lowest BCUT2D eigenvalue weighted by atomic mass is 9.85. The fourth-order valence-corrected chi connectivity index (χ4v) is 2.72. The van der Waals surface area contributed by atoms with Crippen LogP contribution in [0.15, 0.2) is 36.4 Å². The highest BCUT2D eigenvalue weighted by Gasteiger charge is 2.27. The van der Waals surface area contributed by atoms with Gasteiger partial charge < -0.3 is 5.11 Å². The minimum Gasteiger partial charge on any atom is -0.481 e. The first-order chi connectivity index (χ1) is 9.65. The molecular weight excluding hydrogens is 257 g/mol. The number of hydrogen-bond acceptors (Lipinski definition) is 2. The smallest absolute Gasteiger partial charge is 0.311 e. The molecule has 0 spiro atoms. The molecule has 0 saturated carbocycles. The van der Waals surface area contributed by atoms with Gasteiger partial charge in [0.1, 0.15) is 5.82 Å². The zero-order valence-electron chi connectivity index (χ0n) is 10.8. The molecule has 0 amide bonds. The Morgan fingerprint density at radius 2 is 2.15 bits per heavy atom. The van der Waals surface area contributed by atoms with Crippen LogP contribution in [0.4, 0.5) is 4.39 Å². The number of pyridine rings is 1. The second kappa shape index (κ2) is 5.04. The predicted molar refractivity (Wildman–Crippen MR) is 72.9 cm³/mol. The summed E-state index contributed by atoms with van der Waals surface area (Å²) < 4.78 is 13.3. The summed E-state index contributed by atoms with van der Waals surface area (Å²) in [5, 5.41) is 9.23. The molecule has 0 fully saturated rings. The van der Waals surface area contributed by atoms with Crippen molar-refractivity contribution in [2.24, 2.45) is 0 Å². The van der Waals surface area contributed by atoms with Crippen LogP contribution in [0, 0.1) is 5.82 Å². The van der Waals surface area contributed by atoms with Crippen molar-refractivity contribution in [3.8, 4) is 11.3 Å². The van der Waals surface area contributed by atoms with Crippen LogP contribution in [-0.2, 0) is 11.2 Å². The van der Waals surface area contributed by atoms with Crippen LogP contribution in [-0.4, -0.2) is 16.1 Å². The number of aromatic nitrogens is 1. The number of benzene rings is 1. The highest BCUT2D eigenvalue weighted by Crippen LogP contribution is 2.32. The molecule has 1 aliphatic carbocycles. The van der Waals surface area contributed by atoms with E-state index in [-0.39, 0.29) is 5.82 Å². The van der Waals surface area contributed by atoms with Gasteiger partial charge in [0.25, 0.3) is 0 Å². The topological polar surface area (TPSA) is 50.2 Å². The molecule has 1 aliphatic rings. The standard InChI is InChI=1S/C16H14FNO2/c17-11-4-1-3-10(9-11)14-8-7-12-13(16(19)20)5-2-6-15(12)18-14/h1,3-4,7-9,13H,2,5-6H2,(H,19,20). The average Bonchev–Trinajstić information content (AvgIpc) is 2.46. The van der Waals surface area contributed by atoms with Gasteiger partial charge >= 0.3 is 5.97 Å². The van der Waals surface area contributed by atoms with E-state index in [1.54, 1.807) is 18.2 Å². The summed E-state index contributed by atoms with van der Waals surface area (Å²) in [7, 11) is 0. The summed E-state index contributed by atoms with van der Waals surface area (Å²) in [6.45, 7) is 0. The molecule has 0 radical (unpaired) electrons. The van der Waals surface area contributed by atoms with E-state index in [4.69, 9.17) is 0 Å². The van der Waals surface area contributed by atoms with Crippen molar-refractivity contribution in [3.05, 3.63) is 53.5 Å². The van der Waals surface area contributed by atoms with Crippen LogP contribution in [0.2, 0.25) is 0 Å². The molecule has 1 aromatic carbocycles. The summed E-state index contributed by atoms with van der Waals surface area (Å²) in [5.74, 6) is -1.57. The van der Waals surface area contributed by atoms with Crippen molar-refractivity contribution >= 4 is 5.97 Å². The molecule has 2 aromatic rings. The highest BCUT2D eigenvalue weighted by atomic mass is 19.1. The van der Waals surface area contributed by atoms with Gasteiger partial charge in [0.2, 0.25) is 0 Å². The van der Waals surface area contributed by atoms with Gasteiger partial charge in [-0.2, -0.15) is 0 Å². The third-order valence-electron chi connectivity index (χ3n) is 3.71. The second-order valence-electron chi connectivity index (χ2n) is 5.03. The number of nitrogens with zero attached hydrogens (tertiary/aromatic N) is 1. The largest absolute Gasteiger partial charge is 0.481 e. The molecular formula is C16H14FNO2. The van der Waals surface area contributed by atoms with Gasteiger partial charge in [0.15, 0.2) is 0 Å². The van der Waals surface area contributed by atoms with Crippen LogP contribution >= 0.6 is 0 Å². The first-order valence-electron chi connectivity index (χ1n) is 6.64. The van der Waals surface area contributed by atoms with E-state index in [1.165, 1.54) is 12.1 Å². The Hall–Kier alpha value is -2.23. The van der Waals surface area contributed by atoms with Crippen molar-refractivity contribution in [3.63, 3.8) is 0 Å². The Bertz CT molecular complexity index is 669. The Morgan fingerprint density at radius 1 is 1.30 bits per heavy atom. The number of carboxylic acid groups (broad SMARTS) is 1. The van der Waals surface area contributed by atoms with E-state index in [9.17, 15) is 14.3 Å². The van der Waals surface area contributed by atoms with E-state index in [2.05, 4.69) is 4.98 Å². The fraction of sp³-hybridized carbons (Fsp3) is 0.250. The summed E-state index contributed by atoms with van der Waals surface area (Å²) >= 11 is 0. The van der Waals surface area contributed by atoms with Gasteiger partial charge in [0.05, 0.1) is 11.6 Å². The normalized spacial score (nSPS) is 17.6. The summed E-state index contributed by atoms with van der Waals surface area (Å²) in [4.78, 5) is 15.8. The number of aryl methyl sites for hydroxylation is 1. The third kappa shape index (κ3) is 2.29. The maximum Gasteiger partial charge on any atom is 0.311 e. The van der Waals surface area contributed by atoms with Gasteiger partial charge in [-0.1, -0.05) is 18.2 Å². The summed E-state index contributed by atoms with van der Waals surface area (Å²) in [6.07, 6.45) is 2.26. The number of fused-ring (bicyclic) bond motifs is 1. The molecule has 0 saturated heterocycles. The Labute approximate surface area is 116 Å². The Morgan fingerprint density at radius 3 is 2.90 bits per heavy atom. The monoisotopic (exact) mass is 271 g/mol. The minimum atomic E-state index is -0.800. The van der Waals surface area contributed by atoms with Crippen molar-refractivity contribution < 1.29 is 14.3 Å². The van der Waals surface area contributed by atoms with Crippen LogP contribution < -0.4 is 0 Å². The zero-order chi connectivity index (χ0) is 14.1. The molecule has 0 aliphatic heterocycles. The molecule has 1 heterocycles. The quantitative estimate of drug-likeness (QED) is 0.910. The Kier molecular flexibility index (Phi) is 3.22. The van der Waals surface area contributed by atoms with Gasteiger partial charge in [-0.15, -0.1) is 0 Å². The van der Waals surface area contributed by atoms with E-state index in [0.717, 1.165) is 24.1 Å². The number of halogens is 1. The van der Waals surface area contributed by atoms with Gasteiger partial charge in [-0.25, -0.2) is 4.39 Å². The fourth-order valence-electron chi connectivity index (χ4n) is 2.72. The molecule has 1 N–H and O–H groups in total. The van der Waals surface area contributed by atoms with Gasteiger partial charge in [-0.05, 0) is 43.0 Å². The van der Waals surface area contributed by atoms with Crippen LogP contribution in [0.3, 0.4) is 0 Å². The van der Waals surface area contributed by atoms with Crippen molar-refractivity contribution in [2.45, 2.75) is 25.2 Å². The van der Waals surface area contributed by atoms with Crippen molar-refractivity contribution in [1.29, 1.82) is 0 Å². The van der Waals surface area contributed by atoms with Gasteiger partial charge in [-0.3, -0.25) is 9.78 Å². The summed E-state index contributed by atoms with van der Waals surface area (Å²) in [5.41, 5.74) is 3.02. The zero-order valence-corrected chi connectivity index (χ0v) is 10.8. The molecule has 1 unspecified atom stereocenters. The second-order valence-corrected chi connectivity index (χ2v) is 5.03. The van der Waals surface area contributed by atoms with E-state index < -0.39 is 11.9 Å². The highest BCUT2D eigenvalue weighted by molar-refractivity contribution is 5.77. The number of rotatable bonds is 2. The van der Waals surface area contributed by atoms with Gasteiger partial charge in [0, 0.05) is 11.3 Å². The first-order valence-corrected chi connectivity index (χ1v) is 6.64. The average molecular weight is 271 g/mol. The SMILES string of the molecule is O=C(O)C1CCCc2nc(-c3cccc(F)c3)ccc21. The van der Waals surface area contributed by atoms with Crippen LogP contribution in [0.5, 0.6) is 0 Å². The lowest BCUT2D eigenvalue weighted by Crippen LogP contribution is -2.19. The maximum absolute atomic E-state index is 13.3. The van der Waals surface area contributed by atoms with Crippen LogP contribution in [0.25, 0.3) is 11.3 Å². The third-order valence-corrected chi connectivity index (χ3v) is 3.71. The van der Waals surface area contributed by atoms with E-state index >= 15 is 0 Å². The first kappa shape index (κ1) is 12.8. The molecule has 1 aromatic heterocycles. The van der Waals surface area contributed by atoms with Crippen LogP contribution in [0.1, 0.15) is 30.0 Å². The summed E-state index contributed by atoms with van der Waals surface area (Å²) in [6, 6.07) is 9.87. The minimum absolute atomic E-state index is 0.301. The van der Waals surface area contributed by atoms with Crippen molar-refractivity contribution in [2.75, 3.05) is 0 Å². The lowest BCUT2D eigenvalue weighted by Gasteiger charge is -2.22. The number of hydrogen-bond donors (Lipinski definition) is 1. The molecule has 102 valence electrons. The maximum atomic E-state index is 13.3. The lowest BCUT2D eigenvalue weighted by molar-refractivity contribution is -0.139. The molecule has 3 nitrogen and oxygen atoms in total. The van der Waals surface area contributed by atoms with E-state index in [0.29, 0.717) is 17.7 Å². The number of aliphatic carboxylic acids is 1. The predicted octanol–water partition coefficient (Wildman–Crippen LogP) is 3.39. The molecule has 3 rings (SSSR count). The molecule has 0 bridgehead atoms. The van der Waals surface area contributed by atoms with Crippen molar-refractivity contribution in [1.82, 2.24) is 4.98 Å². The van der Waals surface area contributed by atoms with E-state index in [1.807, 2.05) is 6.07 Å². The Balaban J connectivity index is 2.03. The molecule has 4 heteroatoms. The number of carbonyl (C=O) groups is 1.